The zero-order valence-electron chi connectivity index (χ0n) is 11.8. The number of aryl methyl sites for hydroxylation is 1. The minimum atomic E-state index is -0.345. The molecule has 108 valence electrons. The third-order valence-electron chi connectivity index (χ3n) is 3.21. The van der Waals surface area contributed by atoms with Crippen molar-refractivity contribution in [2.75, 3.05) is 0 Å². The third-order valence-corrected chi connectivity index (χ3v) is 3.99. The minimum absolute atomic E-state index is 0.0621. The van der Waals surface area contributed by atoms with Gasteiger partial charge in [-0.2, -0.15) is 10.2 Å². The van der Waals surface area contributed by atoms with Crippen LogP contribution in [0, 0.1) is 6.92 Å². The molecule has 0 radical (unpaired) electrons. The van der Waals surface area contributed by atoms with Crippen molar-refractivity contribution in [2.45, 2.75) is 39.9 Å². The summed E-state index contributed by atoms with van der Waals surface area (Å²) >= 11 is 3.39. The van der Waals surface area contributed by atoms with E-state index in [1.54, 1.807) is 17.1 Å². The SMILES string of the molecule is CCn1cc(CNC(=O)C(C)n2ncc(Br)c2C)cn1. The Kier molecular flexibility index (Phi) is 4.59. The lowest BCUT2D eigenvalue weighted by Crippen LogP contribution is -2.31. The molecule has 2 aromatic rings. The number of carbonyl (C=O) groups excluding carboxylic acids is 1. The zero-order chi connectivity index (χ0) is 14.7. The number of hydrogen-bond acceptors (Lipinski definition) is 3. The summed E-state index contributed by atoms with van der Waals surface area (Å²) in [4.78, 5) is 12.1. The molecule has 0 saturated heterocycles. The van der Waals surface area contributed by atoms with Crippen LogP contribution in [0.1, 0.15) is 31.1 Å². The van der Waals surface area contributed by atoms with Crippen molar-refractivity contribution in [1.82, 2.24) is 24.9 Å². The molecule has 0 aliphatic carbocycles. The first-order chi connectivity index (χ1) is 9.52. The molecule has 0 aliphatic rings. The quantitative estimate of drug-likeness (QED) is 0.906. The van der Waals surface area contributed by atoms with Crippen molar-refractivity contribution in [2.24, 2.45) is 0 Å². The highest BCUT2D eigenvalue weighted by Crippen LogP contribution is 2.18. The predicted molar refractivity (Wildman–Crippen MR) is 79.1 cm³/mol. The molecule has 0 bridgehead atoms. The van der Waals surface area contributed by atoms with Crippen molar-refractivity contribution in [3.05, 3.63) is 34.3 Å². The highest BCUT2D eigenvalue weighted by molar-refractivity contribution is 9.10. The van der Waals surface area contributed by atoms with Gasteiger partial charge in [0, 0.05) is 24.8 Å². The van der Waals surface area contributed by atoms with Crippen LogP contribution in [0.3, 0.4) is 0 Å². The summed E-state index contributed by atoms with van der Waals surface area (Å²) in [6.07, 6.45) is 5.40. The van der Waals surface area contributed by atoms with E-state index in [4.69, 9.17) is 0 Å². The largest absolute Gasteiger partial charge is 0.350 e. The summed E-state index contributed by atoms with van der Waals surface area (Å²) in [6.45, 7) is 7.08. The van der Waals surface area contributed by atoms with Gasteiger partial charge >= 0.3 is 0 Å². The number of hydrogen-bond donors (Lipinski definition) is 1. The molecule has 6 nitrogen and oxygen atoms in total. The van der Waals surface area contributed by atoms with Gasteiger partial charge in [-0.25, -0.2) is 0 Å². The lowest BCUT2D eigenvalue weighted by Gasteiger charge is -2.14. The van der Waals surface area contributed by atoms with E-state index in [0.717, 1.165) is 22.3 Å². The summed E-state index contributed by atoms with van der Waals surface area (Å²) in [7, 11) is 0. The molecular weight excluding hydrogens is 322 g/mol. The van der Waals surface area contributed by atoms with Crippen LogP contribution in [0.25, 0.3) is 0 Å². The number of amides is 1. The molecule has 0 aliphatic heterocycles. The second-order valence-electron chi connectivity index (χ2n) is 4.62. The molecule has 1 amide bonds. The number of halogens is 1. The Hall–Kier alpha value is -1.63. The van der Waals surface area contributed by atoms with Gasteiger partial charge in [0.05, 0.1) is 22.6 Å². The van der Waals surface area contributed by atoms with E-state index in [0.29, 0.717) is 6.54 Å². The van der Waals surface area contributed by atoms with Crippen molar-refractivity contribution >= 4 is 21.8 Å². The van der Waals surface area contributed by atoms with Crippen LogP contribution in [0.2, 0.25) is 0 Å². The molecule has 1 N–H and O–H groups in total. The Morgan fingerprint density at radius 3 is 2.75 bits per heavy atom. The zero-order valence-corrected chi connectivity index (χ0v) is 13.4. The Balaban J connectivity index is 1.96. The smallest absolute Gasteiger partial charge is 0.244 e. The Morgan fingerprint density at radius 2 is 2.20 bits per heavy atom. The van der Waals surface area contributed by atoms with Crippen molar-refractivity contribution in [1.29, 1.82) is 0 Å². The minimum Gasteiger partial charge on any atom is -0.350 e. The maximum Gasteiger partial charge on any atom is 0.244 e. The summed E-state index contributed by atoms with van der Waals surface area (Å²) in [5, 5.41) is 11.3. The molecule has 0 saturated carbocycles. The molecule has 2 aromatic heterocycles. The normalized spacial score (nSPS) is 12.4. The van der Waals surface area contributed by atoms with E-state index in [1.807, 2.05) is 31.6 Å². The standard InChI is InChI=1S/C13H18BrN5O/c1-4-18-8-11(6-16-18)5-15-13(20)10(3)19-9(2)12(14)7-17-19/h6-8,10H,4-5H2,1-3H3,(H,15,20). The highest BCUT2D eigenvalue weighted by atomic mass is 79.9. The number of rotatable bonds is 5. The third kappa shape index (κ3) is 3.09. The topological polar surface area (TPSA) is 64.7 Å². The van der Waals surface area contributed by atoms with Gasteiger partial charge in [0.25, 0.3) is 0 Å². The van der Waals surface area contributed by atoms with Crippen LogP contribution >= 0.6 is 15.9 Å². The van der Waals surface area contributed by atoms with E-state index in [2.05, 4.69) is 31.4 Å². The second kappa shape index (κ2) is 6.21. The van der Waals surface area contributed by atoms with E-state index < -0.39 is 0 Å². The fraction of sp³-hybridized carbons (Fsp3) is 0.462. The van der Waals surface area contributed by atoms with Crippen LogP contribution in [0.15, 0.2) is 23.1 Å². The predicted octanol–water partition coefficient (Wildman–Crippen LogP) is 2.05. The fourth-order valence-corrected chi connectivity index (χ4v) is 2.18. The molecular formula is C13H18BrN5O. The van der Waals surface area contributed by atoms with Gasteiger partial charge in [-0.3, -0.25) is 14.2 Å². The lowest BCUT2D eigenvalue weighted by atomic mass is 10.3. The first-order valence-corrected chi connectivity index (χ1v) is 7.30. The maximum atomic E-state index is 12.1. The van der Waals surface area contributed by atoms with Gasteiger partial charge in [0.15, 0.2) is 0 Å². The molecule has 1 atom stereocenters. The number of carbonyl (C=O) groups is 1. The molecule has 0 fully saturated rings. The van der Waals surface area contributed by atoms with Crippen molar-refractivity contribution in [3.63, 3.8) is 0 Å². The van der Waals surface area contributed by atoms with E-state index >= 15 is 0 Å². The lowest BCUT2D eigenvalue weighted by molar-refractivity contribution is -0.124. The first-order valence-electron chi connectivity index (χ1n) is 6.51. The number of aromatic nitrogens is 4. The molecule has 7 heteroatoms. The molecule has 2 rings (SSSR count). The van der Waals surface area contributed by atoms with Gasteiger partial charge in [-0.05, 0) is 36.7 Å². The monoisotopic (exact) mass is 339 g/mol. The van der Waals surface area contributed by atoms with E-state index in [9.17, 15) is 4.79 Å². The average Bonchev–Trinajstić information content (AvgIpc) is 3.03. The Bertz CT molecular complexity index is 604. The first kappa shape index (κ1) is 14.8. The highest BCUT2D eigenvalue weighted by Gasteiger charge is 2.18. The van der Waals surface area contributed by atoms with Crippen LogP contribution in [-0.2, 0) is 17.9 Å². The maximum absolute atomic E-state index is 12.1. The Labute approximate surface area is 126 Å². The number of nitrogens with zero attached hydrogens (tertiary/aromatic N) is 4. The molecule has 1 unspecified atom stereocenters. The molecule has 2 heterocycles. The second-order valence-corrected chi connectivity index (χ2v) is 5.47. The van der Waals surface area contributed by atoms with Crippen LogP contribution in [-0.4, -0.2) is 25.5 Å². The fourth-order valence-electron chi connectivity index (χ4n) is 1.91. The van der Waals surface area contributed by atoms with E-state index in [1.165, 1.54) is 0 Å². The molecule has 0 spiro atoms. The van der Waals surface area contributed by atoms with Gasteiger partial charge in [-0.15, -0.1) is 0 Å². The van der Waals surface area contributed by atoms with E-state index in [-0.39, 0.29) is 11.9 Å². The summed E-state index contributed by atoms with van der Waals surface area (Å²) in [6, 6.07) is -0.345. The van der Waals surface area contributed by atoms with Crippen molar-refractivity contribution in [3.8, 4) is 0 Å². The molecule has 0 aromatic carbocycles. The summed E-state index contributed by atoms with van der Waals surface area (Å²) < 4.78 is 4.44. The Morgan fingerprint density at radius 1 is 1.45 bits per heavy atom. The summed E-state index contributed by atoms with van der Waals surface area (Å²) in [5.74, 6) is -0.0621. The van der Waals surface area contributed by atoms with Crippen LogP contribution < -0.4 is 5.32 Å². The van der Waals surface area contributed by atoms with Gasteiger partial charge in [0.1, 0.15) is 6.04 Å². The average molecular weight is 340 g/mol. The number of nitrogens with one attached hydrogen (secondary N) is 1. The van der Waals surface area contributed by atoms with Crippen LogP contribution in [0.4, 0.5) is 0 Å². The van der Waals surface area contributed by atoms with Gasteiger partial charge in [-0.1, -0.05) is 0 Å². The van der Waals surface area contributed by atoms with Crippen LogP contribution in [0.5, 0.6) is 0 Å². The molecule has 20 heavy (non-hydrogen) atoms. The van der Waals surface area contributed by atoms with Gasteiger partial charge in [0.2, 0.25) is 5.91 Å². The van der Waals surface area contributed by atoms with Crippen molar-refractivity contribution < 1.29 is 4.79 Å². The van der Waals surface area contributed by atoms with Gasteiger partial charge < -0.3 is 5.32 Å². The summed E-state index contributed by atoms with van der Waals surface area (Å²) in [5.41, 5.74) is 1.93.